The lowest BCUT2D eigenvalue weighted by Gasteiger charge is -1.94. The lowest BCUT2D eigenvalue weighted by molar-refractivity contribution is 0.646. The van der Waals surface area contributed by atoms with Crippen molar-refractivity contribution in [1.82, 2.24) is 0 Å². The summed E-state index contributed by atoms with van der Waals surface area (Å²) in [4.78, 5) is 0. The quantitative estimate of drug-likeness (QED) is 0.538. The number of halogens is 1. The van der Waals surface area contributed by atoms with Gasteiger partial charge in [0.05, 0.1) is 5.57 Å². The van der Waals surface area contributed by atoms with Gasteiger partial charge in [-0.1, -0.05) is 11.6 Å². The number of hydrogen-bond acceptors (Lipinski definition) is 1. The Labute approximate surface area is 71.5 Å². The van der Waals surface area contributed by atoms with Crippen LogP contribution in [0.15, 0.2) is 34.7 Å². The number of rotatable bonds is 0. The molecule has 12 heavy (non-hydrogen) atoms. The number of nitrogens with zero attached hydrogens (tertiary/aromatic N) is 1. The van der Waals surface area contributed by atoms with Gasteiger partial charge in [0, 0.05) is 0 Å². The van der Waals surface area contributed by atoms with Crippen LogP contribution in [0.1, 0.15) is 20.3 Å². The second-order valence-electron chi connectivity index (χ2n) is 2.92. The Hall–Kier alpha value is -1.36. The first kappa shape index (κ1) is 8.73. The van der Waals surface area contributed by atoms with Crippen molar-refractivity contribution in [3.8, 4) is 6.07 Å². The van der Waals surface area contributed by atoms with E-state index in [-0.39, 0.29) is 5.57 Å². The predicted molar refractivity (Wildman–Crippen MR) is 45.9 cm³/mol. The fourth-order valence-corrected chi connectivity index (χ4v) is 1.07. The van der Waals surface area contributed by atoms with Crippen LogP contribution in [0, 0.1) is 11.3 Å². The van der Waals surface area contributed by atoms with E-state index in [1.54, 1.807) is 19.1 Å². The van der Waals surface area contributed by atoms with Gasteiger partial charge in [-0.3, -0.25) is 0 Å². The standard InChI is InChI=1S/C10H10FN/c1-7-3-4-8(2)10(11)9(5-7)6-12/h4-5H,3H2,1-2H3. The zero-order chi connectivity index (χ0) is 9.14. The third kappa shape index (κ3) is 1.62. The van der Waals surface area contributed by atoms with Crippen molar-refractivity contribution in [2.45, 2.75) is 20.3 Å². The van der Waals surface area contributed by atoms with Crippen molar-refractivity contribution in [3.05, 3.63) is 34.7 Å². The van der Waals surface area contributed by atoms with Crippen LogP contribution in [-0.4, -0.2) is 0 Å². The molecule has 0 aliphatic heterocycles. The van der Waals surface area contributed by atoms with E-state index in [2.05, 4.69) is 0 Å². The van der Waals surface area contributed by atoms with E-state index >= 15 is 0 Å². The van der Waals surface area contributed by atoms with Gasteiger partial charge in [-0.2, -0.15) is 5.26 Å². The summed E-state index contributed by atoms with van der Waals surface area (Å²) in [7, 11) is 0. The summed E-state index contributed by atoms with van der Waals surface area (Å²) in [5, 5.41) is 8.60. The highest BCUT2D eigenvalue weighted by Crippen LogP contribution is 2.23. The fraction of sp³-hybridized carbons (Fsp3) is 0.300. The molecule has 0 aromatic heterocycles. The molecule has 1 nitrogen and oxygen atoms in total. The second kappa shape index (κ2) is 3.36. The highest BCUT2D eigenvalue weighted by Gasteiger charge is 2.09. The van der Waals surface area contributed by atoms with Gasteiger partial charge in [-0.25, -0.2) is 4.39 Å². The van der Waals surface area contributed by atoms with E-state index in [1.165, 1.54) is 0 Å². The fourth-order valence-electron chi connectivity index (χ4n) is 1.07. The van der Waals surface area contributed by atoms with Gasteiger partial charge < -0.3 is 0 Å². The third-order valence-corrected chi connectivity index (χ3v) is 1.82. The molecule has 1 aliphatic rings. The normalized spacial score (nSPS) is 17.8. The van der Waals surface area contributed by atoms with E-state index in [0.29, 0.717) is 5.57 Å². The summed E-state index contributed by atoms with van der Waals surface area (Å²) in [6.07, 6.45) is 4.12. The number of nitriles is 1. The molecule has 2 heteroatoms. The molecule has 0 aromatic rings. The highest BCUT2D eigenvalue weighted by molar-refractivity contribution is 5.46. The van der Waals surface area contributed by atoms with Crippen LogP contribution in [0.4, 0.5) is 4.39 Å². The first-order valence-corrected chi connectivity index (χ1v) is 3.79. The van der Waals surface area contributed by atoms with Crippen LogP contribution in [0.25, 0.3) is 0 Å². The minimum Gasteiger partial charge on any atom is -0.205 e. The SMILES string of the molecule is CC1=CC(C#N)=C(F)C(C)=CC1. The van der Waals surface area contributed by atoms with Gasteiger partial charge >= 0.3 is 0 Å². The Morgan fingerprint density at radius 3 is 2.75 bits per heavy atom. The van der Waals surface area contributed by atoms with Gasteiger partial charge in [0.1, 0.15) is 11.9 Å². The lowest BCUT2D eigenvalue weighted by atomic mass is 10.1. The van der Waals surface area contributed by atoms with Crippen LogP contribution in [0.3, 0.4) is 0 Å². The van der Waals surface area contributed by atoms with E-state index < -0.39 is 5.83 Å². The Kier molecular flexibility index (Phi) is 2.44. The van der Waals surface area contributed by atoms with Gasteiger partial charge in [0.15, 0.2) is 0 Å². The summed E-state index contributed by atoms with van der Waals surface area (Å²) in [6, 6.07) is 1.84. The third-order valence-electron chi connectivity index (χ3n) is 1.82. The maximum atomic E-state index is 13.2. The van der Waals surface area contributed by atoms with Gasteiger partial charge in [-0.05, 0) is 31.9 Å². The van der Waals surface area contributed by atoms with Crippen LogP contribution in [0.5, 0.6) is 0 Å². The molecule has 1 rings (SSSR count). The van der Waals surface area contributed by atoms with Crippen molar-refractivity contribution >= 4 is 0 Å². The van der Waals surface area contributed by atoms with Crippen molar-refractivity contribution in [1.29, 1.82) is 5.26 Å². The molecule has 0 fully saturated rings. The average molecular weight is 163 g/mol. The van der Waals surface area contributed by atoms with Gasteiger partial charge in [0.2, 0.25) is 0 Å². The van der Waals surface area contributed by atoms with E-state index in [0.717, 1.165) is 12.0 Å². The number of hydrogen-bond donors (Lipinski definition) is 0. The maximum Gasteiger partial charge on any atom is 0.143 e. The summed E-state index contributed by atoms with van der Waals surface area (Å²) in [6.45, 7) is 3.57. The summed E-state index contributed by atoms with van der Waals surface area (Å²) in [5.74, 6) is -0.394. The predicted octanol–water partition coefficient (Wildman–Crippen LogP) is 3.03. The summed E-state index contributed by atoms with van der Waals surface area (Å²) in [5.41, 5.74) is 1.71. The first-order valence-electron chi connectivity index (χ1n) is 3.79. The molecule has 0 radical (unpaired) electrons. The molecule has 0 bridgehead atoms. The van der Waals surface area contributed by atoms with Crippen LogP contribution in [-0.2, 0) is 0 Å². The second-order valence-corrected chi connectivity index (χ2v) is 2.92. The molecule has 0 amide bonds. The smallest absolute Gasteiger partial charge is 0.143 e. The molecule has 0 atom stereocenters. The summed E-state index contributed by atoms with van der Waals surface area (Å²) < 4.78 is 13.2. The molecule has 0 aromatic carbocycles. The Balaban J connectivity index is 3.21. The molecule has 0 spiro atoms. The minimum atomic E-state index is -0.394. The monoisotopic (exact) mass is 163 g/mol. The highest BCUT2D eigenvalue weighted by atomic mass is 19.1. The molecule has 62 valence electrons. The Morgan fingerprint density at radius 1 is 1.50 bits per heavy atom. The van der Waals surface area contributed by atoms with Crippen LogP contribution >= 0.6 is 0 Å². The van der Waals surface area contributed by atoms with Crippen LogP contribution in [0.2, 0.25) is 0 Å². The van der Waals surface area contributed by atoms with Crippen molar-refractivity contribution in [3.63, 3.8) is 0 Å². The zero-order valence-corrected chi connectivity index (χ0v) is 7.19. The maximum absolute atomic E-state index is 13.2. The largest absolute Gasteiger partial charge is 0.205 e. The average Bonchev–Trinajstić information content (AvgIpc) is 2.18. The van der Waals surface area contributed by atoms with Crippen molar-refractivity contribution < 1.29 is 4.39 Å². The van der Waals surface area contributed by atoms with Crippen molar-refractivity contribution in [2.75, 3.05) is 0 Å². The van der Waals surface area contributed by atoms with Crippen LogP contribution < -0.4 is 0 Å². The molecule has 0 saturated heterocycles. The Bertz CT molecular complexity index is 326. The van der Waals surface area contributed by atoms with E-state index in [1.807, 2.05) is 13.0 Å². The molecule has 0 heterocycles. The minimum absolute atomic E-state index is 0.138. The molecular weight excluding hydrogens is 153 g/mol. The van der Waals surface area contributed by atoms with E-state index in [4.69, 9.17) is 5.26 Å². The lowest BCUT2D eigenvalue weighted by Crippen LogP contribution is -1.81. The molecule has 0 N–H and O–H groups in total. The summed E-state index contributed by atoms with van der Waals surface area (Å²) >= 11 is 0. The Morgan fingerprint density at radius 2 is 2.17 bits per heavy atom. The van der Waals surface area contributed by atoms with Crippen molar-refractivity contribution in [2.24, 2.45) is 0 Å². The van der Waals surface area contributed by atoms with E-state index in [9.17, 15) is 4.39 Å². The number of allylic oxidation sites excluding steroid dienone is 6. The molecular formula is C10H10FN. The zero-order valence-electron chi connectivity index (χ0n) is 7.19. The molecule has 0 unspecified atom stereocenters. The van der Waals surface area contributed by atoms with Gasteiger partial charge in [-0.15, -0.1) is 0 Å². The molecule has 0 saturated carbocycles. The topological polar surface area (TPSA) is 23.8 Å². The first-order chi connectivity index (χ1) is 5.65. The van der Waals surface area contributed by atoms with Gasteiger partial charge in [0.25, 0.3) is 0 Å². The molecule has 1 aliphatic carbocycles.